The Hall–Kier alpha value is -3.65. The number of rotatable bonds is 10. The van der Waals surface area contributed by atoms with E-state index in [1.54, 1.807) is 12.1 Å². The van der Waals surface area contributed by atoms with E-state index in [0.717, 1.165) is 10.0 Å². The van der Waals surface area contributed by atoms with Gasteiger partial charge in [-0.15, -0.1) is 0 Å². The molecule has 9 nitrogen and oxygen atoms in total. The van der Waals surface area contributed by atoms with Crippen molar-refractivity contribution in [3.63, 3.8) is 0 Å². The lowest BCUT2D eigenvalue weighted by Gasteiger charge is -2.15. The lowest BCUT2D eigenvalue weighted by molar-refractivity contribution is -0.165. The maximum absolute atomic E-state index is 13.8. The van der Waals surface area contributed by atoms with Gasteiger partial charge in [-0.2, -0.15) is 13.2 Å². The molecule has 0 saturated heterocycles. The number of nitrogens with zero attached hydrogens (tertiary/aromatic N) is 2. The summed E-state index contributed by atoms with van der Waals surface area (Å²) in [5.74, 6) is -1.67. The molecule has 1 aromatic heterocycles. The molecule has 0 saturated carbocycles. The summed E-state index contributed by atoms with van der Waals surface area (Å²) < 4.78 is 84.3. The van der Waals surface area contributed by atoms with Gasteiger partial charge in [0.15, 0.2) is 6.61 Å². The third-order valence-corrected chi connectivity index (χ3v) is 8.88. The number of imidazole rings is 1. The molecular weight excluding hydrogens is 559 g/mol. The van der Waals surface area contributed by atoms with Crippen molar-refractivity contribution >= 4 is 37.8 Å². The Morgan fingerprint density at radius 2 is 1.90 bits per heavy atom. The maximum atomic E-state index is 13.8. The number of fused-ring (bicyclic) bond motifs is 1. The number of ether oxygens (including phenoxy) is 1. The topological polar surface area (TPSA) is 142 Å². The molecule has 3 aromatic rings. The van der Waals surface area contributed by atoms with Crippen molar-refractivity contribution in [2.45, 2.75) is 43.4 Å². The number of allylic oxidation sites excluding steroid dienone is 2. The number of aromatic nitrogens is 2. The Morgan fingerprint density at radius 1 is 1.23 bits per heavy atom. The third-order valence-electron chi connectivity index (χ3n) is 5.66. The molecule has 1 heterocycles. The zero-order valence-electron chi connectivity index (χ0n) is 21.2. The number of hydrogen-bond donors (Lipinski definition) is 2. The van der Waals surface area contributed by atoms with E-state index in [-0.39, 0.29) is 55.8 Å². The highest BCUT2D eigenvalue weighted by Crippen LogP contribution is 2.28. The minimum Gasteiger partial charge on any atom is -0.488 e. The molecule has 14 heteroatoms. The molecule has 0 fully saturated rings. The number of benzene rings is 2. The maximum Gasteiger partial charge on any atom is 0.422 e. The fourth-order valence-electron chi connectivity index (χ4n) is 3.58. The van der Waals surface area contributed by atoms with E-state index in [1.165, 1.54) is 51.1 Å². The second-order valence-electron chi connectivity index (χ2n) is 8.57. The van der Waals surface area contributed by atoms with E-state index in [2.05, 4.69) is 4.98 Å². The Labute approximate surface area is 225 Å². The van der Waals surface area contributed by atoms with E-state index in [9.17, 15) is 35.7 Å². The Morgan fingerprint density at radius 3 is 2.51 bits per heavy atom. The van der Waals surface area contributed by atoms with E-state index < -0.39 is 39.6 Å². The van der Waals surface area contributed by atoms with E-state index >= 15 is 0 Å². The SMILES string of the molecule is C/C=C(\C/C(C)=C(\N)CS(=O)c1nc2ccccc2n1S(=O)(=O)c1cc(C(=O)O)ccc1C)OCC(F)(F)F. The van der Waals surface area contributed by atoms with Crippen LogP contribution >= 0.6 is 0 Å². The number of halogens is 3. The second kappa shape index (κ2) is 11.6. The van der Waals surface area contributed by atoms with E-state index in [0.29, 0.717) is 5.57 Å². The van der Waals surface area contributed by atoms with Crippen molar-refractivity contribution < 1.29 is 40.4 Å². The predicted octanol–water partition coefficient (Wildman–Crippen LogP) is 4.49. The molecule has 0 aliphatic carbocycles. The predicted molar refractivity (Wildman–Crippen MR) is 139 cm³/mol. The first-order valence-corrected chi connectivity index (χ1v) is 14.2. The number of para-hydroxylation sites is 2. The highest BCUT2D eigenvalue weighted by atomic mass is 32.2. The second-order valence-corrected chi connectivity index (χ2v) is 11.7. The number of carbonyl (C=O) groups is 1. The molecule has 0 spiro atoms. The number of aromatic carboxylic acids is 1. The van der Waals surface area contributed by atoms with Gasteiger partial charge in [0.05, 0.1) is 43.8 Å². The number of aryl methyl sites for hydroxylation is 1. The summed E-state index contributed by atoms with van der Waals surface area (Å²) in [5, 5.41) is 9.02. The van der Waals surface area contributed by atoms with Crippen molar-refractivity contribution in [1.29, 1.82) is 0 Å². The summed E-state index contributed by atoms with van der Waals surface area (Å²) in [6.07, 6.45) is -3.24. The van der Waals surface area contributed by atoms with Crippen LogP contribution in [0.15, 0.2) is 75.6 Å². The van der Waals surface area contributed by atoms with Crippen LogP contribution < -0.4 is 5.73 Å². The molecule has 0 amide bonds. The normalized spacial score (nSPS) is 14.3. The summed E-state index contributed by atoms with van der Waals surface area (Å²) in [6.45, 7) is 3.06. The van der Waals surface area contributed by atoms with Gasteiger partial charge < -0.3 is 15.6 Å². The number of nitrogens with two attached hydrogens (primary N) is 1. The Kier molecular flexibility index (Phi) is 8.91. The summed E-state index contributed by atoms with van der Waals surface area (Å²) in [7, 11) is -6.60. The van der Waals surface area contributed by atoms with Crippen molar-refractivity contribution in [2.75, 3.05) is 12.4 Å². The molecule has 1 atom stereocenters. The highest BCUT2D eigenvalue weighted by molar-refractivity contribution is 7.91. The standard InChI is InChI=1S/C25H26F3N3O6S2/c1-4-18(37-14-25(26,27)28)11-16(3)19(29)13-38(34)24-30-20-7-5-6-8-21(20)31(24)39(35,36)22-12-17(23(32)33)10-9-15(22)2/h4-10,12H,11,13-14,29H2,1-3H3,(H,32,33)/b18-4+,19-16-. The monoisotopic (exact) mass is 585 g/mol. The molecule has 3 rings (SSSR count). The number of carboxylic acid groups (broad SMARTS) is 1. The first kappa shape index (κ1) is 29.9. The molecule has 0 radical (unpaired) electrons. The van der Waals surface area contributed by atoms with Crippen LogP contribution in [-0.2, 0) is 25.6 Å². The lowest BCUT2D eigenvalue weighted by Crippen LogP contribution is -2.21. The highest BCUT2D eigenvalue weighted by Gasteiger charge is 2.30. The van der Waals surface area contributed by atoms with Crippen LogP contribution in [0, 0.1) is 6.92 Å². The van der Waals surface area contributed by atoms with E-state index in [4.69, 9.17) is 10.5 Å². The largest absolute Gasteiger partial charge is 0.488 e. The van der Waals surface area contributed by atoms with Crippen molar-refractivity contribution in [1.82, 2.24) is 8.96 Å². The quantitative estimate of drug-likeness (QED) is 0.332. The van der Waals surface area contributed by atoms with Crippen LogP contribution in [0.4, 0.5) is 13.2 Å². The minimum atomic E-state index is -4.52. The van der Waals surface area contributed by atoms with Crippen LogP contribution in [0.1, 0.15) is 36.2 Å². The summed E-state index contributed by atoms with van der Waals surface area (Å²) >= 11 is 0. The summed E-state index contributed by atoms with van der Waals surface area (Å²) in [4.78, 5) is 15.5. The molecule has 2 aromatic carbocycles. The summed E-state index contributed by atoms with van der Waals surface area (Å²) in [5.41, 5.74) is 6.92. The Balaban J connectivity index is 2.03. The average Bonchev–Trinajstić information content (AvgIpc) is 3.26. The zero-order chi connectivity index (χ0) is 29.1. The molecule has 39 heavy (non-hydrogen) atoms. The molecule has 210 valence electrons. The van der Waals surface area contributed by atoms with Crippen LogP contribution in [0.2, 0.25) is 0 Å². The smallest absolute Gasteiger partial charge is 0.422 e. The van der Waals surface area contributed by atoms with Crippen LogP contribution in [0.3, 0.4) is 0 Å². The Bertz CT molecular complexity index is 1610. The minimum absolute atomic E-state index is 0.0159. The lowest BCUT2D eigenvalue weighted by atomic mass is 10.1. The number of carboxylic acids is 1. The van der Waals surface area contributed by atoms with E-state index in [1.807, 2.05) is 0 Å². The van der Waals surface area contributed by atoms with Gasteiger partial charge in [-0.1, -0.05) is 18.2 Å². The van der Waals surface area contributed by atoms with Gasteiger partial charge in [-0.05, 0) is 62.2 Å². The average molecular weight is 586 g/mol. The van der Waals surface area contributed by atoms with Crippen LogP contribution in [0.5, 0.6) is 0 Å². The van der Waals surface area contributed by atoms with Crippen molar-refractivity contribution in [2.24, 2.45) is 5.73 Å². The molecule has 0 aliphatic heterocycles. The van der Waals surface area contributed by atoms with Gasteiger partial charge >= 0.3 is 12.1 Å². The van der Waals surface area contributed by atoms with Gasteiger partial charge in [0.1, 0.15) is 0 Å². The fourth-order valence-corrected chi connectivity index (χ4v) is 6.87. The van der Waals surface area contributed by atoms with Gasteiger partial charge in [-0.3, -0.25) is 4.21 Å². The summed E-state index contributed by atoms with van der Waals surface area (Å²) in [6, 6.07) is 9.84. The first-order valence-electron chi connectivity index (χ1n) is 11.4. The first-order chi connectivity index (χ1) is 18.2. The third kappa shape index (κ3) is 6.87. The molecular formula is C25H26F3N3O6S2. The molecule has 1 unspecified atom stereocenters. The fraction of sp³-hybridized carbons (Fsp3) is 0.280. The number of alkyl halides is 3. The van der Waals surface area contributed by atoms with Crippen molar-refractivity contribution in [3.8, 4) is 0 Å². The van der Waals surface area contributed by atoms with Crippen LogP contribution in [0.25, 0.3) is 11.0 Å². The van der Waals surface area contributed by atoms with Crippen molar-refractivity contribution in [3.05, 3.63) is 76.7 Å². The molecule has 0 aliphatic rings. The molecule has 0 bridgehead atoms. The van der Waals surface area contributed by atoms with Crippen LogP contribution in [-0.4, -0.2) is 51.2 Å². The zero-order valence-corrected chi connectivity index (χ0v) is 22.8. The van der Waals surface area contributed by atoms with Gasteiger partial charge in [0.2, 0.25) is 5.16 Å². The molecule has 3 N–H and O–H groups in total. The van der Waals surface area contributed by atoms with Gasteiger partial charge in [0.25, 0.3) is 10.0 Å². The number of hydrogen-bond acceptors (Lipinski definition) is 7. The van der Waals surface area contributed by atoms with Gasteiger partial charge in [0, 0.05) is 12.1 Å². The van der Waals surface area contributed by atoms with Gasteiger partial charge in [-0.25, -0.2) is 22.2 Å².